The lowest BCUT2D eigenvalue weighted by atomic mass is 10.0. The zero-order valence-electron chi connectivity index (χ0n) is 12.5. The van der Waals surface area contributed by atoms with E-state index >= 15 is 0 Å². The first-order valence-corrected chi connectivity index (χ1v) is 7.54. The van der Waals surface area contributed by atoms with Crippen molar-refractivity contribution in [1.29, 1.82) is 0 Å². The second-order valence-electron chi connectivity index (χ2n) is 5.37. The summed E-state index contributed by atoms with van der Waals surface area (Å²) in [5, 5.41) is 5.33. The maximum absolute atomic E-state index is 11.6. The summed E-state index contributed by atoms with van der Waals surface area (Å²) in [6.07, 6.45) is 1.77. The van der Waals surface area contributed by atoms with Gasteiger partial charge in [-0.1, -0.05) is 30.3 Å². The Morgan fingerprint density at radius 3 is 2.43 bits per heavy atom. The average Bonchev–Trinajstić information content (AvgIpc) is 2.50. The van der Waals surface area contributed by atoms with E-state index in [-0.39, 0.29) is 6.04 Å². The summed E-state index contributed by atoms with van der Waals surface area (Å²) in [4.78, 5) is 25.4. The number of nitrogens with one attached hydrogen (secondary N) is 2. The fraction of sp³-hybridized carbons (Fsp3) is 0.500. The molecule has 1 saturated heterocycles. The Labute approximate surface area is 125 Å². The van der Waals surface area contributed by atoms with Crippen molar-refractivity contribution in [2.75, 3.05) is 19.6 Å². The molecule has 0 aromatic heterocycles. The monoisotopic (exact) mass is 289 g/mol. The molecule has 21 heavy (non-hydrogen) atoms. The molecular formula is C16H23N3O2. The van der Waals surface area contributed by atoms with E-state index in [4.69, 9.17) is 0 Å². The predicted octanol–water partition coefficient (Wildman–Crippen LogP) is 0.903. The number of likely N-dealkylation sites (N-methyl/N-ethyl adjacent to an activating group) is 1. The lowest BCUT2D eigenvalue weighted by molar-refractivity contribution is -0.139. The smallest absolute Gasteiger partial charge is 0.309 e. The molecule has 1 heterocycles. The van der Waals surface area contributed by atoms with Crippen molar-refractivity contribution in [3.63, 3.8) is 0 Å². The van der Waals surface area contributed by atoms with Crippen molar-refractivity contribution < 1.29 is 9.59 Å². The summed E-state index contributed by atoms with van der Waals surface area (Å²) < 4.78 is 0. The zero-order valence-corrected chi connectivity index (χ0v) is 12.5. The van der Waals surface area contributed by atoms with Crippen LogP contribution in [0.25, 0.3) is 0 Å². The fourth-order valence-corrected chi connectivity index (χ4v) is 2.57. The van der Waals surface area contributed by atoms with Crippen molar-refractivity contribution in [2.45, 2.75) is 32.4 Å². The molecule has 2 N–H and O–H groups in total. The number of hydrogen-bond donors (Lipinski definition) is 2. The zero-order chi connectivity index (χ0) is 15.1. The van der Waals surface area contributed by atoms with Gasteiger partial charge in [-0.3, -0.25) is 14.5 Å². The molecule has 1 aromatic carbocycles. The first-order chi connectivity index (χ1) is 10.2. The van der Waals surface area contributed by atoms with Crippen LogP contribution in [-0.2, 0) is 16.1 Å². The molecule has 0 atom stereocenters. The lowest BCUT2D eigenvalue weighted by Gasteiger charge is -2.32. The van der Waals surface area contributed by atoms with Crippen molar-refractivity contribution in [1.82, 2.24) is 15.5 Å². The molecule has 1 aromatic rings. The van der Waals surface area contributed by atoms with Crippen LogP contribution in [0.4, 0.5) is 0 Å². The third-order valence-corrected chi connectivity index (χ3v) is 3.72. The van der Waals surface area contributed by atoms with Gasteiger partial charge in [-0.2, -0.15) is 0 Å². The molecule has 0 radical (unpaired) electrons. The molecule has 2 amide bonds. The molecule has 0 bridgehead atoms. The van der Waals surface area contributed by atoms with E-state index < -0.39 is 11.8 Å². The summed E-state index contributed by atoms with van der Waals surface area (Å²) in [7, 11) is 0. The van der Waals surface area contributed by atoms with E-state index in [1.54, 1.807) is 6.92 Å². The largest absolute Gasteiger partial charge is 0.348 e. The number of rotatable bonds is 4. The van der Waals surface area contributed by atoms with Crippen LogP contribution in [0, 0.1) is 0 Å². The minimum atomic E-state index is -0.538. The molecule has 1 aliphatic heterocycles. The van der Waals surface area contributed by atoms with Crippen molar-refractivity contribution in [3.05, 3.63) is 35.9 Å². The van der Waals surface area contributed by atoms with E-state index in [1.165, 1.54) is 5.56 Å². The van der Waals surface area contributed by atoms with Crippen LogP contribution >= 0.6 is 0 Å². The predicted molar refractivity (Wildman–Crippen MR) is 81.6 cm³/mol. The van der Waals surface area contributed by atoms with Gasteiger partial charge >= 0.3 is 11.8 Å². The fourth-order valence-electron chi connectivity index (χ4n) is 2.57. The van der Waals surface area contributed by atoms with Gasteiger partial charge in [0.1, 0.15) is 0 Å². The molecular weight excluding hydrogens is 266 g/mol. The number of amides is 2. The van der Waals surface area contributed by atoms with E-state index in [9.17, 15) is 9.59 Å². The maximum Gasteiger partial charge on any atom is 0.309 e. The average molecular weight is 289 g/mol. The van der Waals surface area contributed by atoms with Crippen LogP contribution in [0.3, 0.4) is 0 Å². The number of nitrogens with zero attached hydrogens (tertiary/aromatic N) is 1. The quantitative estimate of drug-likeness (QED) is 0.810. The lowest BCUT2D eigenvalue weighted by Crippen LogP contribution is -2.48. The van der Waals surface area contributed by atoms with Gasteiger partial charge in [0, 0.05) is 32.2 Å². The standard InChI is InChI=1S/C16H23N3O2/c1-2-17-15(20)16(21)18-14-8-10-19(11-9-14)12-13-6-4-3-5-7-13/h3-7,14H,2,8-12H2,1H3,(H,17,20)(H,18,21). The van der Waals surface area contributed by atoms with E-state index in [0.717, 1.165) is 32.5 Å². The Kier molecular flexibility index (Phi) is 5.75. The number of carbonyl (C=O) groups excluding carboxylic acids is 2. The highest BCUT2D eigenvalue weighted by molar-refractivity contribution is 6.35. The van der Waals surface area contributed by atoms with Gasteiger partial charge in [0.2, 0.25) is 0 Å². The number of benzene rings is 1. The minimum Gasteiger partial charge on any atom is -0.348 e. The topological polar surface area (TPSA) is 61.4 Å². The van der Waals surface area contributed by atoms with Crippen LogP contribution < -0.4 is 10.6 Å². The van der Waals surface area contributed by atoms with Gasteiger partial charge < -0.3 is 10.6 Å². The van der Waals surface area contributed by atoms with Gasteiger partial charge in [-0.25, -0.2) is 0 Å². The highest BCUT2D eigenvalue weighted by atomic mass is 16.2. The van der Waals surface area contributed by atoms with E-state index in [2.05, 4.69) is 39.8 Å². The third kappa shape index (κ3) is 4.86. The molecule has 2 rings (SSSR count). The number of piperidine rings is 1. The minimum absolute atomic E-state index is 0.104. The normalized spacial score (nSPS) is 16.4. The highest BCUT2D eigenvalue weighted by Crippen LogP contribution is 2.13. The summed E-state index contributed by atoms with van der Waals surface area (Å²) in [6, 6.07) is 10.5. The molecule has 1 aliphatic rings. The molecule has 0 saturated carbocycles. The molecule has 5 heteroatoms. The second kappa shape index (κ2) is 7.78. The van der Waals surface area contributed by atoms with Gasteiger partial charge in [-0.05, 0) is 25.3 Å². The molecule has 0 unspecified atom stereocenters. The van der Waals surface area contributed by atoms with Crippen molar-refractivity contribution in [2.24, 2.45) is 0 Å². The van der Waals surface area contributed by atoms with Gasteiger partial charge in [0.25, 0.3) is 0 Å². The van der Waals surface area contributed by atoms with E-state index in [1.807, 2.05) is 6.07 Å². The summed E-state index contributed by atoms with van der Waals surface area (Å²) >= 11 is 0. The first kappa shape index (κ1) is 15.5. The third-order valence-electron chi connectivity index (χ3n) is 3.72. The Morgan fingerprint density at radius 1 is 1.14 bits per heavy atom. The van der Waals surface area contributed by atoms with E-state index in [0.29, 0.717) is 6.54 Å². The molecule has 114 valence electrons. The van der Waals surface area contributed by atoms with Gasteiger partial charge in [0.05, 0.1) is 0 Å². The van der Waals surface area contributed by atoms with Gasteiger partial charge in [0.15, 0.2) is 0 Å². The van der Waals surface area contributed by atoms with Crippen LogP contribution in [0.1, 0.15) is 25.3 Å². The molecule has 5 nitrogen and oxygen atoms in total. The Morgan fingerprint density at radius 2 is 1.81 bits per heavy atom. The number of carbonyl (C=O) groups is 2. The summed E-state index contributed by atoms with van der Waals surface area (Å²) in [5.41, 5.74) is 1.31. The van der Waals surface area contributed by atoms with Crippen LogP contribution in [-0.4, -0.2) is 42.4 Å². The molecule has 0 aliphatic carbocycles. The maximum atomic E-state index is 11.6. The Bertz CT molecular complexity index is 468. The molecule has 1 fully saturated rings. The number of hydrogen-bond acceptors (Lipinski definition) is 3. The second-order valence-corrected chi connectivity index (χ2v) is 5.37. The highest BCUT2D eigenvalue weighted by Gasteiger charge is 2.22. The first-order valence-electron chi connectivity index (χ1n) is 7.54. The molecule has 0 spiro atoms. The van der Waals surface area contributed by atoms with Gasteiger partial charge in [-0.15, -0.1) is 0 Å². The van der Waals surface area contributed by atoms with Crippen molar-refractivity contribution in [3.8, 4) is 0 Å². The van der Waals surface area contributed by atoms with Crippen LogP contribution in [0.5, 0.6) is 0 Å². The summed E-state index contributed by atoms with van der Waals surface area (Å²) in [6.45, 7) is 5.09. The van der Waals surface area contributed by atoms with Crippen LogP contribution in [0.2, 0.25) is 0 Å². The summed E-state index contributed by atoms with van der Waals surface area (Å²) in [5.74, 6) is -1.05. The Balaban J connectivity index is 1.73. The SMILES string of the molecule is CCNC(=O)C(=O)NC1CCN(Cc2ccccc2)CC1. The van der Waals surface area contributed by atoms with Crippen LogP contribution in [0.15, 0.2) is 30.3 Å². The van der Waals surface area contributed by atoms with Crippen molar-refractivity contribution >= 4 is 11.8 Å². The number of likely N-dealkylation sites (tertiary alicyclic amines) is 1. The Hall–Kier alpha value is -1.88.